The Morgan fingerprint density at radius 3 is 2.71 bits per heavy atom. The molecule has 5 nitrogen and oxygen atoms in total. The second-order valence-corrected chi connectivity index (χ2v) is 7.83. The highest BCUT2D eigenvalue weighted by Gasteiger charge is 2.41. The van der Waals surface area contributed by atoms with Gasteiger partial charge in [-0.2, -0.15) is 0 Å². The minimum atomic E-state index is -0.752. The highest BCUT2D eigenvalue weighted by atomic mass is 16.3. The average molecular weight is 332 g/mol. The second kappa shape index (κ2) is 6.19. The number of fused-ring (bicyclic) bond motifs is 1. The van der Waals surface area contributed by atoms with Crippen LogP contribution in [0.2, 0.25) is 0 Å². The first kappa shape index (κ1) is 16.2. The molecule has 132 valence electrons. The predicted octanol–water partition coefficient (Wildman–Crippen LogP) is 2.14. The lowest BCUT2D eigenvalue weighted by atomic mass is 9.94. The fourth-order valence-corrected chi connectivity index (χ4v) is 4.66. The molecular formula is C19H28N2O3. The van der Waals surface area contributed by atoms with E-state index in [2.05, 4.69) is 4.90 Å². The first-order chi connectivity index (χ1) is 11.6. The van der Waals surface area contributed by atoms with E-state index < -0.39 is 5.60 Å². The van der Waals surface area contributed by atoms with E-state index in [1.807, 2.05) is 11.8 Å². The molecule has 0 saturated carbocycles. The number of amides is 1. The summed E-state index contributed by atoms with van der Waals surface area (Å²) in [6.07, 6.45) is 7.28. The number of aryl methyl sites for hydroxylation is 2. The molecule has 3 heterocycles. The van der Waals surface area contributed by atoms with E-state index in [-0.39, 0.29) is 5.91 Å². The van der Waals surface area contributed by atoms with Crippen LogP contribution in [-0.2, 0) is 12.8 Å². The predicted molar refractivity (Wildman–Crippen MR) is 91.2 cm³/mol. The Morgan fingerprint density at radius 1 is 1.17 bits per heavy atom. The van der Waals surface area contributed by atoms with Crippen molar-refractivity contribution in [3.63, 3.8) is 0 Å². The summed E-state index contributed by atoms with van der Waals surface area (Å²) in [5, 5.41) is 10.9. The average Bonchev–Trinajstić information content (AvgIpc) is 3.25. The maximum absolute atomic E-state index is 13.1. The number of rotatable bonds is 3. The molecule has 1 atom stereocenters. The van der Waals surface area contributed by atoms with Crippen LogP contribution >= 0.6 is 0 Å². The van der Waals surface area contributed by atoms with E-state index in [4.69, 9.17) is 4.42 Å². The first-order valence-corrected chi connectivity index (χ1v) is 9.41. The molecule has 2 fully saturated rings. The van der Waals surface area contributed by atoms with Crippen LogP contribution in [0.15, 0.2) is 4.42 Å². The lowest BCUT2D eigenvalue weighted by molar-refractivity contribution is 0.0175. The van der Waals surface area contributed by atoms with Gasteiger partial charge < -0.3 is 19.3 Å². The molecule has 0 aromatic carbocycles. The molecule has 5 heteroatoms. The topological polar surface area (TPSA) is 56.9 Å². The standard InChI is InChI=1S/C19H28N2O3/c1-14-17(15-6-2-3-7-16(15)24-14)18(22)21-11-8-19(23,13-21)12-20-9-4-5-10-20/h23H,2-13H2,1H3. The maximum Gasteiger partial charge on any atom is 0.257 e. The van der Waals surface area contributed by atoms with E-state index >= 15 is 0 Å². The van der Waals surface area contributed by atoms with E-state index in [1.165, 1.54) is 12.8 Å². The minimum Gasteiger partial charge on any atom is -0.465 e. The van der Waals surface area contributed by atoms with Crippen molar-refractivity contribution in [1.82, 2.24) is 9.80 Å². The molecule has 1 unspecified atom stereocenters. The number of carbonyl (C=O) groups is 1. The zero-order chi connectivity index (χ0) is 16.7. The molecule has 2 saturated heterocycles. The van der Waals surface area contributed by atoms with Gasteiger partial charge in [-0.1, -0.05) is 0 Å². The van der Waals surface area contributed by atoms with Gasteiger partial charge in [-0.3, -0.25) is 4.79 Å². The molecule has 0 bridgehead atoms. The first-order valence-electron chi connectivity index (χ1n) is 9.41. The van der Waals surface area contributed by atoms with Crippen molar-refractivity contribution in [2.45, 2.75) is 57.5 Å². The normalized spacial score (nSPS) is 27.7. The number of furan rings is 1. The number of nitrogens with zero attached hydrogens (tertiary/aromatic N) is 2. The van der Waals surface area contributed by atoms with Gasteiger partial charge in [-0.15, -0.1) is 0 Å². The Kier molecular flexibility index (Phi) is 4.17. The molecule has 1 amide bonds. The highest BCUT2D eigenvalue weighted by molar-refractivity contribution is 5.97. The summed E-state index contributed by atoms with van der Waals surface area (Å²) in [6, 6.07) is 0. The highest BCUT2D eigenvalue weighted by Crippen LogP contribution is 2.32. The van der Waals surface area contributed by atoms with Crippen molar-refractivity contribution in [3.05, 3.63) is 22.6 Å². The molecule has 1 N–H and O–H groups in total. The number of aliphatic hydroxyl groups is 1. The van der Waals surface area contributed by atoms with Gasteiger partial charge in [0.2, 0.25) is 0 Å². The van der Waals surface area contributed by atoms with Gasteiger partial charge in [0.25, 0.3) is 5.91 Å². The van der Waals surface area contributed by atoms with Crippen LogP contribution in [0, 0.1) is 6.92 Å². The van der Waals surface area contributed by atoms with Gasteiger partial charge in [0.1, 0.15) is 11.5 Å². The van der Waals surface area contributed by atoms with Crippen LogP contribution in [0.5, 0.6) is 0 Å². The van der Waals surface area contributed by atoms with Crippen LogP contribution in [0.25, 0.3) is 0 Å². The van der Waals surface area contributed by atoms with Crippen LogP contribution in [0.3, 0.4) is 0 Å². The largest absolute Gasteiger partial charge is 0.465 e. The Morgan fingerprint density at radius 2 is 1.92 bits per heavy atom. The van der Waals surface area contributed by atoms with Crippen LogP contribution in [0.4, 0.5) is 0 Å². The zero-order valence-corrected chi connectivity index (χ0v) is 14.6. The summed E-state index contributed by atoms with van der Waals surface area (Å²) >= 11 is 0. The summed E-state index contributed by atoms with van der Waals surface area (Å²) in [6.45, 7) is 5.83. The van der Waals surface area contributed by atoms with Gasteiger partial charge >= 0.3 is 0 Å². The monoisotopic (exact) mass is 332 g/mol. The molecule has 24 heavy (non-hydrogen) atoms. The molecule has 0 radical (unpaired) electrons. The number of hydrogen-bond donors (Lipinski definition) is 1. The Bertz CT molecular complexity index is 633. The van der Waals surface area contributed by atoms with E-state index in [1.54, 1.807) is 0 Å². The van der Waals surface area contributed by atoms with Crippen molar-refractivity contribution in [1.29, 1.82) is 0 Å². The summed E-state index contributed by atoms with van der Waals surface area (Å²) in [5.74, 6) is 1.81. The van der Waals surface area contributed by atoms with Gasteiger partial charge in [0.05, 0.1) is 17.7 Å². The number of carbonyl (C=O) groups excluding carboxylic acids is 1. The van der Waals surface area contributed by atoms with Gasteiger partial charge in [0, 0.05) is 25.1 Å². The summed E-state index contributed by atoms with van der Waals surface area (Å²) in [4.78, 5) is 17.2. The van der Waals surface area contributed by atoms with Crippen LogP contribution < -0.4 is 0 Å². The van der Waals surface area contributed by atoms with Crippen LogP contribution in [0.1, 0.15) is 59.5 Å². The Balaban J connectivity index is 1.49. The van der Waals surface area contributed by atoms with Crippen molar-refractivity contribution in [3.8, 4) is 0 Å². The van der Waals surface area contributed by atoms with Crippen LogP contribution in [-0.4, -0.2) is 59.1 Å². The van der Waals surface area contributed by atoms with Gasteiger partial charge in [0.15, 0.2) is 0 Å². The van der Waals surface area contributed by atoms with Crippen molar-refractivity contribution >= 4 is 5.91 Å². The van der Waals surface area contributed by atoms with E-state index in [0.717, 1.165) is 61.4 Å². The summed E-state index contributed by atoms with van der Waals surface area (Å²) in [5.41, 5.74) is 1.14. The van der Waals surface area contributed by atoms with Gasteiger partial charge in [-0.25, -0.2) is 0 Å². The quantitative estimate of drug-likeness (QED) is 0.921. The summed E-state index contributed by atoms with van der Waals surface area (Å²) < 4.78 is 5.86. The van der Waals surface area contributed by atoms with E-state index in [9.17, 15) is 9.90 Å². The smallest absolute Gasteiger partial charge is 0.257 e. The second-order valence-electron chi connectivity index (χ2n) is 7.83. The molecule has 1 aromatic rings. The van der Waals surface area contributed by atoms with E-state index in [0.29, 0.717) is 26.1 Å². The molecule has 2 aliphatic heterocycles. The SMILES string of the molecule is Cc1oc2c(c1C(=O)N1CCC(O)(CN3CCCC3)C1)CCCC2. The third-order valence-corrected chi connectivity index (χ3v) is 5.90. The fourth-order valence-electron chi connectivity index (χ4n) is 4.66. The lowest BCUT2D eigenvalue weighted by Crippen LogP contribution is -2.45. The Hall–Kier alpha value is -1.33. The number of hydrogen-bond acceptors (Lipinski definition) is 4. The third kappa shape index (κ3) is 2.88. The lowest BCUT2D eigenvalue weighted by Gasteiger charge is -2.28. The molecular weight excluding hydrogens is 304 g/mol. The molecule has 1 aromatic heterocycles. The summed E-state index contributed by atoms with van der Waals surface area (Å²) in [7, 11) is 0. The van der Waals surface area contributed by atoms with Crippen molar-refractivity contribution in [2.75, 3.05) is 32.7 Å². The minimum absolute atomic E-state index is 0.0525. The number of β-amino-alcohol motifs (C(OH)–C–C–N with tert-alkyl or cyclic N) is 1. The fraction of sp³-hybridized carbons (Fsp3) is 0.737. The third-order valence-electron chi connectivity index (χ3n) is 5.90. The van der Waals surface area contributed by atoms with Gasteiger partial charge in [-0.05, 0) is 58.5 Å². The Labute approximate surface area is 143 Å². The maximum atomic E-state index is 13.1. The van der Waals surface area contributed by atoms with Crippen molar-refractivity contribution < 1.29 is 14.3 Å². The molecule has 1 aliphatic carbocycles. The van der Waals surface area contributed by atoms with Crippen molar-refractivity contribution in [2.24, 2.45) is 0 Å². The molecule has 4 rings (SSSR count). The zero-order valence-electron chi connectivity index (χ0n) is 14.6. The molecule has 0 spiro atoms. The number of likely N-dealkylation sites (tertiary alicyclic amines) is 2. The molecule has 3 aliphatic rings.